The van der Waals surface area contributed by atoms with Crippen molar-refractivity contribution in [1.82, 2.24) is 9.88 Å². The zero-order valence-corrected chi connectivity index (χ0v) is 10.8. The van der Waals surface area contributed by atoms with Gasteiger partial charge in [0.25, 0.3) is 5.91 Å². The number of pyridine rings is 1. The van der Waals surface area contributed by atoms with E-state index in [1.165, 1.54) is 12.3 Å². The van der Waals surface area contributed by atoms with Crippen molar-refractivity contribution in [1.29, 1.82) is 0 Å². The van der Waals surface area contributed by atoms with E-state index in [1.807, 2.05) is 20.8 Å². The molecule has 1 unspecified atom stereocenters. The summed E-state index contributed by atoms with van der Waals surface area (Å²) in [5, 5.41) is 0. The third kappa shape index (κ3) is 2.67. The Bertz CT molecular complexity index is 462. The number of hydrogen-bond acceptors (Lipinski definition) is 3. The predicted octanol–water partition coefficient (Wildman–Crippen LogP) is 1.86. The highest BCUT2D eigenvalue weighted by molar-refractivity contribution is 5.94. The van der Waals surface area contributed by atoms with E-state index in [1.54, 1.807) is 11.0 Å². The van der Waals surface area contributed by atoms with Gasteiger partial charge in [-0.15, -0.1) is 0 Å². The molecule has 1 fully saturated rings. The van der Waals surface area contributed by atoms with Gasteiger partial charge in [0.2, 0.25) is 5.95 Å². The number of morpholine rings is 1. The Labute approximate surface area is 106 Å². The topological polar surface area (TPSA) is 42.4 Å². The van der Waals surface area contributed by atoms with Crippen LogP contribution in [0.3, 0.4) is 0 Å². The quantitative estimate of drug-likeness (QED) is 0.716. The summed E-state index contributed by atoms with van der Waals surface area (Å²) in [6.07, 6.45) is 1.27. The van der Waals surface area contributed by atoms with Gasteiger partial charge in [-0.1, -0.05) is 0 Å². The van der Waals surface area contributed by atoms with Crippen molar-refractivity contribution >= 4 is 5.91 Å². The molecule has 1 aromatic heterocycles. The number of amides is 1. The zero-order valence-electron chi connectivity index (χ0n) is 10.8. The molecule has 0 bridgehead atoms. The molecule has 1 saturated heterocycles. The first-order valence-electron chi connectivity index (χ1n) is 5.97. The van der Waals surface area contributed by atoms with Crippen molar-refractivity contribution < 1.29 is 13.9 Å². The van der Waals surface area contributed by atoms with Crippen LogP contribution >= 0.6 is 0 Å². The fourth-order valence-corrected chi connectivity index (χ4v) is 2.32. The lowest BCUT2D eigenvalue weighted by Crippen LogP contribution is -2.53. The first-order valence-corrected chi connectivity index (χ1v) is 5.97. The highest BCUT2D eigenvalue weighted by atomic mass is 19.1. The van der Waals surface area contributed by atoms with Gasteiger partial charge in [-0.3, -0.25) is 4.79 Å². The van der Waals surface area contributed by atoms with E-state index in [0.717, 1.165) is 0 Å². The van der Waals surface area contributed by atoms with Crippen LogP contribution in [0.25, 0.3) is 0 Å². The molecule has 2 rings (SSSR count). The Morgan fingerprint density at radius 3 is 2.94 bits per heavy atom. The Morgan fingerprint density at radius 1 is 1.61 bits per heavy atom. The van der Waals surface area contributed by atoms with Gasteiger partial charge < -0.3 is 9.64 Å². The SMILES string of the molecule is CC1CN(C(=O)c2cccnc2F)CC(C)(C)O1. The Morgan fingerprint density at radius 2 is 2.33 bits per heavy atom. The van der Waals surface area contributed by atoms with Crippen molar-refractivity contribution in [3.63, 3.8) is 0 Å². The van der Waals surface area contributed by atoms with Gasteiger partial charge in [-0.05, 0) is 32.9 Å². The van der Waals surface area contributed by atoms with Gasteiger partial charge in [-0.25, -0.2) is 4.98 Å². The molecule has 1 aliphatic rings. The number of halogens is 1. The van der Waals surface area contributed by atoms with Crippen LogP contribution in [0.1, 0.15) is 31.1 Å². The maximum atomic E-state index is 13.5. The molecular formula is C13H17FN2O2. The van der Waals surface area contributed by atoms with E-state index in [-0.39, 0.29) is 17.6 Å². The molecule has 0 aromatic carbocycles. The largest absolute Gasteiger partial charge is 0.369 e. The fraction of sp³-hybridized carbons (Fsp3) is 0.538. The summed E-state index contributed by atoms with van der Waals surface area (Å²) in [7, 11) is 0. The first-order chi connectivity index (χ1) is 8.39. The van der Waals surface area contributed by atoms with Gasteiger partial charge in [0, 0.05) is 19.3 Å². The number of carbonyl (C=O) groups is 1. The van der Waals surface area contributed by atoms with Gasteiger partial charge in [0.15, 0.2) is 0 Å². The molecule has 0 radical (unpaired) electrons. The Hall–Kier alpha value is -1.49. The van der Waals surface area contributed by atoms with Gasteiger partial charge in [-0.2, -0.15) is 4.39 Å². The standard InChI is InChI=1S/C13H17FN2O2/c1-9-7-16(8-13(2,3)18-9)12(17)10-5-4-6-15-11(10)14/h4-6,9H,7-8H2,1-3H3. The average Bonchev–Trinajstić information content (AvgIpc) is 2.26. The molecular weight excluding hydrogens is 235 g/mol. The molecule has 18 heavy (non-hydrogen) atoms. The second-order valence-corrected chi connectivity index (χ2v) is 5.22. The second-order valence-electron chi connectivity index (χ2n) is 5.22. The summed E-state index contributed by atoms with van der Waals surface area (Å²) in [6, 6.07) is 3.02. The number of nitrogens with zero attached hydrogens (tertiary/aromatic N) is 2. The summed E-state index contributed by atoms with van der Waals surface area (Å²) < 4.78 is 19.2. The number of rotatable bonds is 1. The van der Waals surface area contributed by atoms with E-state index < -0.39 is 11.5 Å². The summed E-state index contributed by atoms with van der Waals surface area (Å²) in [5.41, 5.74) is -0.395. The molecule has 1 amide bonds. The molecule has 5 heteroatoms. The van der Waals surface area contributed by atoms with Crippen LogP contribution < -0.4 is 0 Å². The molecule has 1 aliphatic heterocycles. The van der Waals surface area contributed by atoms with Crippen molar-refractivity contribution in [2.24, 2.45) is 0 Å². The lowest BCUT2D eigenvalue weighted by atomic mass is 10.0. The number of carbonyl (C=O) groups excluding carboxylic acids is 1. The Kier molecular flexibility index (Phi) is 3.34. The van der Waals surface area contributed by atoms with Crippen molar-refractivity contribution in [2.45, 2.75) is 32.5 Å². The fourth-order valence-electron chi connectivity index (χ4n) is 2.32. The van der Waals surface area contributed by atoms with Gasteiger partial charge in [0.05, 0.1) is 17.3 Å². The van der Waals surface area contributed by atoms with Crippen LogP contribution in [0.15, 0.2) is 18.3 Å². The maximum Gasteiger partial charge on any atom is 0.258 e. The molecule has 0 spiro atoms. The molecule has 98 valence electrons. The summed E-state index contributed by atoms with van der Waals surface area (Å²) in [4.78, 5) is 17.4. The lowest BCUT2D eigenvalue weighted by Gasteiger charge is -2.41. The highest BCUT2D eigenvalue weighted by Gasteiger charge is 2.34. The van der Waals surface area contributed by atoms with Gasteiger partial charge in [0.1, 0.15) is 0 Å². The van der Waals surface area contributed by atoms with E-state index in [4.69, 9.17) is 4.74 Å². The smallest absolute Gasteiger partial charge is 0.258 e. The molecule has 1 atom stereocenters. The lowest BCUT2D eigenvalue weighted by molar-refractivity contribution is -0.118. The van der Waals surface area contributed by atoms with Crippen LogP contribution in [0.4, 0.5) is 4.39 Å². The van der Waals surface area contributed by atoms with Crippen LogP contribution in [0.5, 0.6) is 0 Å². The van der Waals surface area contributed by atoms with Gasteiger partial charge >= 0.3 is 0 Å². The van der Waals surface area contributed by atoms with Crippen molar-refractivity contribution in [3.05, 3.63) is 29.8 Å². The number of aromatic nitrogens is 1. The molecule has 0 aliphatic carbocycles. The molecule has 4 nitrogen and oxygen atoms in total. The summed E-state index contributed by atoms with van der Waals surface area (Å²) in [6.45, 7) is 6.66. The van der Waals surface area contributed by atoms with E-state index in [0.29, 0.717) is 13.1 Å². The molecule has 0 N–H and O–H groups in total. The number of ether oxygens (including phenoxy) is 1. The molecule has 0 saturated carbocycles. The maximum absolute atomic E-state index is 13.5. The monoisotopic (exact) mass is 252 g/mol. The van der Waals surface area contributed by atoms with Crippen LogP contribution in [-0.2, 0) is 4.74 Å². The normalized spacial score (nSPS) is 22.9. The van der Waals surface area contributed by atoms with Crippen molar-refractivity contribution in [2.75, 3.05) is 13.1 Å². The van der Waals surface area contributed by atoms with Crippen LogP contribution in [0.2, 0.25) is 0 Å². The van der Waals surface area contributed by atoms with E-state index in [2.05, 4.69) is 4.98 Å². The number of hydrogen-bond donors (Lipinski definition) is 0. The van der Waals surface area contributed by atoms with Crippen LogP contribution in [-0.4, -0.2) is 40.6 Å². The second kappa shape index (κ2) is 4.65. The summed E-state index contributed by atoms with van der Waals surface area (Å²) in [5.74, 6) is -1.05. The molecule has 2 heterocycles. The zero-order chi connectivity index (χ0) is 13.3. The predicted molar refractivity (Wildman–Crippen MR) is 64.7 cm³/mol. The van der Waals surface area contributed by atoms with Crippen molar-refractivity contribution in [3.8, 4) is 0 Å². The van der Waals surface area contributed by atoms with E-state index >= 15 is 0 Å². The highest BCUT2D eigenvalue weighted by Crippen LogP contribution is 2.22. The molecule has 1 aromatic rings. The van der Waals surface area contributed by atoms with Crippen LogP contribution in [0, 0.1) is 5.95 Å². The summed E-state index contributed by atoms with van der Waals surface area (Å²) >= 11 is 0. The first kappa shape index (κ1) is 13.0. The average molecular weight is 252 g/mol. The minimum Gasteiger partial charge on any atom is -0.369 e. The third-order valence-corrected chi connectivity index (χ3v) is 2.85. The minimum absolute atomic E-state index is 0.0161. The van der Waals surface area contributed by atoms with E-state index in [9.17, 15) is 9.18 Å². The minimum atomic E-state index is -0.723. The third-order valence-electron chi connectivity index (χ3n) is 2.85. The Balaban J connectivity index is 2.22.